The number of rotatable bonds is 0. The third-order valence-electron chi connectivity index (χ3n) is 2.23. The van der Waals surface area contributed by atoms with E-state index in [2.05, 4.69) is 33.1 Å². The van der Waals surface area contributed by atoms with Gasteiger partial charge in [-0.2, -0.15) is 20.5 Å². The Morgan fingerprint density at radius 1 is 1.21 bits per heavy atom. The van der Waals surface area contributed by atoms with E-state index in [1.54, 1.807) is 6.20 Å². The van der Waals surface area contributed by atoms with Crippen LogP contribution >= 0.6 is 0 Å². The molecule has 0 atom stereocenters. The van der Waals surface area contributed by atoms with Gasteiger partial charge in [-0.25, -0.2) is 0 Å². The van der Waals surface area contributed by atoms with Gasteiger partial charge < -0.3 is 0 Å². The van der Waals surface area contributed by atoms with Gasteiger partial charge in [0.25, 0.3) is 0 Å². The molecule has 0 bridgehead atoms. The minimum atomic E-state index is 0.823. The first-order valence-electron chi connectivity index (χ1n) is 4.33. The van der Waals surface area contributed by atoms with Crippen LogP contribution in [0.3, 0.4) is 0 Å². The van der Waals surface area contributed by atoms with Crippen molar-refractivity contribution < 1.29 is 0 Å². The molecule has 2 aliphatic heterocycles. The van der Waals surface area contributed by atoms with Crippen LogP contribution < -0.4 is 0 Å². The standard InChI is InChI=1S/C10H6N4/c1-2-7(10-4-5-11-13-10)8-6-12-14-9(8)3-1/h1-2,4-5H,3H2. The van der Waals surface area contributed by atoms with Gasteiger partial charge in [-0.05, 0) is 6.08 Å². The van der Waals surface area contributed by atoms with Gasteiger partial charge in [0.1, 0.15) is 0 Å². The van der Waals surface area contributed by atoms with E-state index in [0.717, 1.165) is 29.0 Å². The van der Waals surface area contributed by atoms with Crippen molar-refractivity contribution in [2.24, 2.45) is 20.5 Å². The molecule has 0 N–H and O–H groups in total. The quantitative estimate of drug-likeness (QED) is 0.553. The normalized spacial score (nSPS) is 28.0. The Balaban J connectivity index is 2.12. The number of hydrogen-bond donors (Lipinski definition) is 0. The fraction of sp³-hybridized carbons (Fsp3) is 0.100. The summed E-state index contributed by atoms with van der Waals surface area (Å²) >= 11 is 0. The monoisotopic (exact) mass is 182 g/mol. The molecule has 0 aromatic heterocycles. The average Bonchev–Trinajstić information content (AvgIpc) is 2.88. The molecule has 3 rings (SSSR count). The van der Waals surface area contributed by atoms with Gasteiger partial charge >= 0.3 is 0 Å². The summed E-state index contributed by atoms with van der Waals surface area (Å²) in [5, 5.41) is 15.6. The van der Waals surface area contributed by atoms with Crippen molar-refractivity contribution in [2.75, 3.05) is 0 Å². The second-order valence-corrected chi connectivity index (χ2v) is 3.07. The highest BCUT2D eigenvalue weighted by atomic mass is 15.1. The van der Waals surface area contributed by atoms with E-state index in [9.17, 15) is 0 Å². The molecule has 0 aromatic rings. The molecule has 4 heteroatoms. The van der Waals surface area contributed by atoms with Crippen LogP contribution in [0.2, 0.25) is 0 Å². The molecule has 3 aliphatic rings. The highest BCUT2D eigenvalue weighted by Crippen LogP contribution is 2.35. The van der Waals surface area contributed by atoms with Crippen molar-refractivity contribution in [3.05, 3.63) is 53.5 Å². The Bertz CT molecular complexity index is 447. The van der Waals surface area contributed by atoms with Gasteiger partial charge in [-0.1, -0.05) is 12.2 Å². The fourth-order valence-electron chi connectivity index (χ4n) is 1.57. The molecule has 4 nitrogen and oxygen atoms in total. The Hall–Kier alpha value is -1.84. The molecule has 0 amide bonds. The van der Waals surface area contributed by atoms with Crippen molar-refractivity contribution >= 4 is 0 Å². The number of azo groups is 2. The van der Waals surface area contributed by atoms with E-state index >= 15 is 0 Å². The van der Waals surface area contributed by atoms with Crippen molar-refractivity contribution in [1.29, 1.82) is 0 Å². The molecule has 14 heavy (non-hydrogen) atoms. The van der Waals surface area contributed by atoms with E-state index < -0.39 is 0 Å². The van der Waals surface area contributed by atoms with Gasteiger partial charge in [0.2, 0.25) is 0 Å². The molecule has 0 aromatic carbocycles. The molecule has 1 aliphatic carbocycles. The van der Waals surface area contributed by atoms with Crippen LogP contribution in [0.15, 0.2) is 67.4 Å². The molecule has 0 saturated carbocycles. The van der Waals surface area contributed by atoms with Crippen LogP contribution in [-0.4, -0.2) is 0 Å². The Labute approximate surface area is 81.1 Å². The van der Waals surface area contributed by atoms with Gasteiger partial charge in [0, 0.05) is 17.6 Å². The highest BCUT2D eigenvalue weighted by Gasteiger charge is 2.21. The summed E-state index contributed by atoms with van der Waals surface area (Å²) in [7, 11) is 0. The first-order valence-corrected chi connectivity index (χ1v) is 4.33. The van der Waals surface area contributed by atoms with E-state index in [4.69, 9.17) is 0 Å². The molecule has 2 radical (unpaired) electrons. The van der Waals surface area contributed by atoms with Crippen LogP contribution in [0.1, 0.15) is 6.42 Å². The van der Waals surface area contributed by atoms with Crippen LogP contribution in [0.4, 0.5) is 0 Å². The van der Waals surface area contributed by atoms with Crippen LogP contribution in [-0.2, 0) is 0 Å². The fourth-order valence-corrected chi connectivity index (χ4v) is 1.57. The third-order valence-corrected chi connectivity index (χ3v) is 2.23. The molecular weight excluding hydrogens is 176 g/mol. The summed E-state index contributed by atoms with van der Waals surface area (Å²) in [5.74, 6) is 0. The summed E-state index contributed by atoms with van der Waals surface area (Å²) in [5.41, 5.74) is 3.78. The van der Waals surface area contributed by atoms with Crippen molar-refractivity contribution in [1.82, 2.24) is 0 Å². The summed E-state index contributed by atoms with van der Waals surface area (Å²) in [6, 6.07) is 0. The number of allylic oxidation sites excluding steroid dienone is 3. The lowest BCUT2D eigenvalue weighted by molar-refractivity contribution is 1.08. The van der Waals surface area contributed by atoms with Crippen molar-refractivity contribution in [2.45, 2.75) is 6.42 Å². The molecule has 0 fully saturated rings. The molecule has 66 valence electrons. The maximum Gasteiger partial charge on any atom is 0.177 e. The topological polar surface area (TPSA) is 49.4 Å². The lowest BCUT2D eigenvalue weighted by Crippen LogP contribution is -1.95. The van der Waals surface area contributed by atoms with E-state index in [1.165, 1.54) is 0 Å². The second-order valence-electron chi connectivity index (χ2n) is 3.07. The Kier molecular flexibility index (Phi) is 1.53. The predicted octanol–water partition coefficient (Wildman–Crippen LogP) is 2.94. The average molecular weight is 182 g/mol. The van der Waals surface area contributed by atoms with Crippen LogP contribution in [0.5, 0.6) is 0 Å². The number of hydrogen-bond acceptors (Lipinski definition) is 4. The third kappa shape index (κ3) is 1.00. The van der Waals surface area contributed by atoms with E-state index in [-0.39, 0.29) is 0 Å². The molecule has 2 heterocycles. The first kappa shape index (κ1) is 7.55. The molecule has 0 spiro atoms. The zero-order valence-corrected chi connectivity index (χ0v) is 7.31. The van der Waals surface area contributed by atoms with Crippen LogP contribution in [0.25, 0.3) is 0 Å². The Morgan fingerprint density at radius 3 is 3.07 bits per heavy atom. The smallest absolute Gasteiger partial charge is 0.171 e. The molecule has 0 saturated heterocycles. The number of nitrogens with zero attached hydrogens (tertiary/aromatic N) is 4. The molecule has 0 unspecified atom stereocenters. The Morgan fingerprint density at radius 2 is 2.21 bits per heavy atom. The highest BCUT2D eigenvalue weighted by molar-refractivity contribution is 5.56. The van der Waals surface area contributed by atoms with Crippen molar-refractivity contribution in [3.63, 3.8) is 0 Å². The van der Waals surface area contributed by atoms with Gasteiger partial charge in [-0.15, -0.1) is 0 Å². The minimum absolute atomic E-state index is 0.823. The maximum atomic E-state index is 4.00. The maximum absolute atomic E-state index is 4.00. The first-order chi connectivity index (χ1) is 6.95. The van der Waals surface area contributed by atoms with Gasteiger partial charge in [0.15, 0.2) is 6.54 Å². The summed E-state index contributed by atoms with van der Waals surface area (Å²) in [6.07, 6.45) is 8.44. The SMILES string of the molecule is [C]1N=NC2=C1C(=C1C=CN=N1)C=CC2. The minimum Gasteiger partial charge on any atom is -0.171 e. The summed E-state index contributed by atoms with van der Waals surface area (Å²) in [4.78, 5) is 0. The zero-order valence-electron chi connectivity index (χ0n) is 7.31. The lowest BCUT2D eigenvalue weighted by Gasteiger charge is -2.09. The zero-order chi connectivity index (χ0) is 9.38. The van der Waals surface area contributed by atoms with E-state index in [1.807, 2.05) is 12.2 Å². The van der Waals surface area contributed by atoms with E-state index in [0.29, 0.717) is 0 Å². The molecular formula is C10H6N4. The van der Waals surface area contributed by atoms with Crippen LogP contribution in [0, 0.1) is 6.54 Å². The van der Waals surface area contributed by atoms with Gasteiger partial charge in [0.05, 0.1) is 17.6 Å². The van der Waals surface area contributed by atoms with Gasteiger partial charge in [-0.3, -0.25) is 0 Å². The second kappa shape index (κ2) is 2.83. The van der Waals surface area contributed by atoms with Crippen molar-refractivity contribution in [3.8, 4) is 0 Å². The summed E-state index contributed by atoms with van der Waals surface area (Å²) in [6.45, 7) is 2.88. The summed E-state index contributed by atoms with van der Waals surface area (Å²) < 4.78 is 0. The lowest BCUT2D eigenvalue weighted by atomic mass is 9.96. The largest absolute Gasteiger partial charge is 0.177 e. The predicted molar refractivity (Wildman–Crippen MR) is 49.9 cm³/mol.